The van der Waals surface area contributed by atoms with Crippen LogP contribution in [0.15, 0.2) is 0 Å². The molecule has 1 aliphatic rings. The first-order valence-electron chi connectivity index (χ1n) is 5.19. The zero-order valence-corrected chi connectivity index (χ0v) is 8.71. The molecule has 1 N–H and O–H groups in total. The van der Waals surface area contributed by atoms with Gasteiger partial charge in [0, 0.05) is 19.7 Å². The predicted octanol–water partition coefficient (Wildman–Crippen LogP) is 1.04. The Bertz CT molecular complexity index is 124. The van der Waals surface area contributed by atoms with Gasteiger partial charge < -0.3 is 14.8 Å². The first kappa shape index (κ1) is 11.0. The summed E-state index contributed by atoms with van der Waals surface area (Å²) in [6, 6.07) is 0. The van der Waals surface area contributed by atoms with E-state index in [1.165, 1.54) is 0 Å². The van der Waals surface area contributed by atoms with Crippen molar-refractivity contribution in [2.75, 3.05) is 32.9 Å². The Kier molecular flexibility index (Phi) is 5.35. The summed E-state index contributed by atoms with van der Waals surface area (Å²) in [6.07, 6.45) is 1.58. The normalized spacial score (nSPS) is 17.8. The average molecular weight is 187 g/mol. The van der Waals surface area contributed by atoms with Crippen molar-refractivity contribution in [3.8, 4) is 0 Å². The molecule has 1 rings (SSSR count). The summed E-state index contributed by atoms with van der Waals surface area (Å²) >= 11 is 0. The van der Waals surface area contributed by atoms with Crippen molar-refractivity contribution in [2.24, 2.45) is 5.92 Å². The maximum Gasteiger partial charge on any atom is 0.0824 e. The maximum absolute atomic E-state index is 5.50. The van der Waals surface area contributed by atoms with Crippen LogP contribution in [0.25, 0.3) is 0 Å². The molecule has 3 nitrogen and oxygen atoms in total. The van der Waals surface area contributed by atoms with Gasteiger partial charge in [-0.3, -0.25) is 0 Å². The standard InChI is InChI=1S/C10H21NO2/c1-9(2)3-4-12-5-6-13-10-7-11-8-10/h9-11H,3-8H2,1-2H3. The Morgan fingerprint density at radius 2 is 2.00 bits per heavy atom. The van der Waals surface area contributed by atoms with Crippen molar-refractivity contribution >= 4 is 0 Å². The quantitative estimate of drug-likeness (QED) is 0.604. The Hall–Kier alpha value is -0.120. The number of hydrogen-bond donors (Lipinski definition) is 1. The van der Waals surface area contributed by atoms with Crippen molar-refractivity contribution in [1.82, 2.24) is 5.32 Å². The van der Waals surface area contributed by atoms with Crippen LogP contribution in [0.5, 0.6) is 0 Å². The highest BCUT2D eigenvalue weighted by atomic mass is 16.5. The van der Waals surface area contributed by atoms with Crippen LogP contribution < -0.4 is 5.32 Å². The smallest absolute Gasteiger partial charge is 0.0824 e. The summed E-state index contributed by atoms with van der Waals surface area (Å²) in [5.41, 5.74) is 0. The summed E-state index contributed by atoms with van der Waals surface area (Å²) in [6.45, 7) is 8.77. The molecular weight excluding hydrogens is 166 g/mol. The monoisotopic (exact) mass is 187 g/mol. The third-order valence-corrected chi connectivity index (χ3v) is 2.16. The first-order chi connectivity index (χ1) is 6.29. The molecule has 0 aromatic carbocycles. The fourth-order valence-corrected chi connectivity index (χ4v) is 1.07. The minimum absolute atomic E-state index is 0.439. The lowest BCUT2D eigenvalue weighted by molar-refractivity contribution is -0.0179. The molecule has 78 valence electrons. The van der Waals surface area contributed by atoms with E-state index >= 15 is 0 Å². The van der Waals surface area contributed by atoms with Gasteiger partial charge in [0.1, 0.15) is 0 Å². The Morgan fingerprint density at radius 3 is 2.54 bits per heavy atom. The number of hydrogen-bond acceptors (Lipinski definition) is 3. The van der Waals surface area contributed by atoms with Crippen LogP contribution in [-0.4, -0.2) is 39.0 Å². The Balaban J connectivity index is 1.73. The molecule has 0 aromatic rings. The number of ether oxygens (including phenoxy) is 2. The Labute approximate surface area is 80.8 Å². The minimum Gasteiger partial charge on any atom is -0.379 e. The molecule has 0 spiro atoms. The molecule has 0 saturated carbocycles. The summed E-state index contributed by atoms with van der Waals surface area (Å²) < 4.78 is 10.9. The second-order valence-electron chi connectivity index (χ2n) is 3.95. The molecular formula is C10H21NO2. The molecule has 0 aromatic heterocycles. The summed E-state index contributed by atoms with van der Waals surface area (Å²) in [4.78, 5) is 0. The zero-order valence-electron chi connectivity index (χ0n) is 8.71. The summed E-state index contributed by atoms with van der Waals surface area (Å²) in [5.74, 6) is 0.733. The molecule has 0 atom stereocenters. The van der Waals surface area contributed by atoms with Crippen molar-refractivity contribution in [1.29, 1.82) is 0 Å². The van der Waals surface area contributed by atoms with Gasteiger partial charge in [-0.05, 0) is 12.3 Å². The van der Waals surface area contributed by atoms with Gasteiger partial charge in [0.15, 0.2) is 0 Å². The first-order valence-corrected chi connectivity index (χ1v) is 5.19. The second-order valence-corrected chi connectivity index (χ2v) is 3.95. The van der Waals surface area contributed by atoms with Gasteiger partial charge in [0.25, 0.3) is 0 Å². The van der Waals surface area contributed by atoms with E-state index in [1.54, 1.807) is 0 Å². The minimum atomic E-state index is 0.439. The fourth-order valence-electron chi connectivity index (χ4n) is 1.07. The van der Waals surface area contributed by atoms with Gasteiger partial charge in [-0.1, -0.05) is 13.8 Å². The van der Waals surface area contributed by atoms with Gasteiger partial charge in [0.2, 0.25) is 0 Å². The van der Waals surface area contributed by atoms with Gasteiger partial charge in [0.05, 0.1) is 19.3 Å². The van der Waals surface area contributed by atoms with Crippen molar-refractivity contribution in [2.45, 2.75) is 26.4 Å². The fraction of sp³-hybridized carbons (Fsp3) is 1.00. The van der Waals surface area contributed by atoms with Gasteiger partial charge in [-0.25, -0.2) is 0 Å². The highest BCUT2D eigenvalue weighted by Crippen LogP contribution is 2.00. The molecule has 1 aliphatic heterocycles. The number of rotatable bonds is 7. The molecule has 0 amide bonds. The van der Waals surface area contributed by atoms with Gasteiger partial charge in [-0.2, -0.15) is 0 Å². The van der Waals surface area contributed by atoms with E-state index < -0.39 is 0 Å². The summed E-state index contributed by atoms with van der Waals surface area (Å²) in [5, 5.41) is 3.16. The van der Waals surface area contributed by atoms with Crippen LogP contribution in [0.3, 0.4) is 0 Å². The largest absolute Gasteiger partial charge is 0.379 e. The van der Waals surface area contributed by atoms with Crippen LogP contribution in [0, 0.1) is 5.92 Å². The summed E-state index contributed by atoms with van der Waals surface area (Å²) in [7, 11) is 0. The molecule has 0 unspecified atom stereocenters. The van der Waals surface area contributed by atoms with E-state index in [4.69, 9.17) is 9.47 Å². The lowest BCUT2D eigenvalue weighted by Gasteiger charge is -2.26. The van der Waals surface area contributed by atoms with Crippen molar-refractivity contribution < 1.29 is 9.47 Å². The van der Waals surface area contributed by atoms with E-state index in [0.29, 0.717) is 6.10 Å². The lowest BCUT2D eigenvalue weighted by atomic mass is 10.1. The Morgan fingerprint density at radius 1 is 1.23 bits per heavy atom. The third-order valence-electron chi connectivity index (χ3n) is 2.16. The third kappa shape index (κ3) is 5.24. The predicted molar refractivity (Wildman–Crippen MR) is 52.9 cm³/mol. The van der Waals surface area contributed by atoms with E-state index in [1.807, 2.05) is 0 Å². The van der Waals surface area contributed by atoms with Crippen molar-refractivity contribution in [3.05, 3.63) is 0 Å². The maximum atomic E-state index is 5.50. The van der Waals surface area contributed by atoms with E-state index in [0.717, 1.165) is 45.2 Å². The molecule has 1 saturated heterocycles. The molecule has 0 aliphatic carbocycles. The van der Waals surface area contributed by atoms with E-state index in [9.17, 15) is 0 Å². The van der Waals surface area contributed by atoms with Crippen LogP contribution in [0.1, 0.15) is 20.3 Å². The zero-order chi connectivity index (χ0) is 9.52. The average Bonchev–Trinajstić information content (AvgIpc) is 1.99. The van der Waals surface area contributed by atoms with Gasteiger partial charge in [-0.15, -0.1) is 0 Å². The molecule has 13 heavy (non-hydrogen) atoms. The van der Waals surface area contributed by atoms with Crippen LogP contribution in [0.4, 0.5) is 0 Å². The SMILES string of the molecule is CC(C)CCOCCOC1CNC1. The lowest BCUT2D eigenvalue weighted by Crippen LogP contribution is -2.48. The number of nitrogens with one attached hydrogen (secondary N) is 1. The van der Waals surface area contributed by atoms with Gasteiger partial charge >= 0.3 is 0 Å². The molecule has 0 radical (unpaired) electrons. The molecule has 1 fully saturated rings. The molecule has 1 heterocycles. The van der Waals surface area contributed by atoms with E-state index in [-0.39, 0.29) is 0 Å². The topological polar surface area (TPSA) is 30.5 Å². The van der Waals surface area contributed by atoms with E-state index in [2.05, 4.69) is 19.2 Å². The highest BCUT2D eigenvalue weighted by Gasteiger charge is 2.16. The van der Waals surface area contributed by atoms with Crippen LogP contribution in [0.2, 0.25) is 0 Å². The highest BCUT2D eigenvalue weighted by molar-refractivity contribution is 4.74. The van der Waals surface area contributed by atoms with Crippen LogP contribution in [-0.2, 0) is 9.47 Å². The molecule has 3 heteroatoms. The van der Waals surface area contributed by atoms with Crippen LogP contribution >= 0.6 is 0 Å². The van der Waals surface area contributed by atoms with Crippen molar-refractivity contribution in [3.63, 3.8) is 0 Å². The second kappa shape index (κ2) is 6.35. The molecule has 0 bridgehead atoms.